The van der Waals surface area contributed by atoms with Gasteiger partial charge in [0.2, 0.25) is 15.7 Å². The smallest absolute Gasteiger partial charge is 0.275 e. The normalized spacial score (nSPS) is 27.6. The fourth-order valence-electron chi connectivity index (χ4n) is 2.60. The first-order chi connectivity index (χ1) is 9.38. The maximum absolute atomic E-state index is 12.3. The number of fused-ring (bicyclic) bond motifs is 1. The van der Waals surface area contributed by atoms with E-state index in [4.69, 9.17) is 4.74 Å². The summed E-state index contributed by atoms with van der Waals surface area (Å²) in [6.45, 7) is 0.303. The summed E-state index contributed by atoms with van der Waals surface area (Å²) in [7, 11) is -3.84. The average Bonchev–Trinajstić information content (AvgIpc) is 2.90. The van der Waals surface area contributed by atoms with Crippen LogP contribution in [0.4, 0.5) is 5.69 Å². The van der Waals surface area contributed by atoms with Crippen molar-refractivity contribution in [2.24, 2.45) is 0 Å². The lowest BCUT2D eigenvalue weighted by molar-refractivity contribution is -0.384. The Bertz CT molecular complexity index is 698. The van der Waals surface area contributed by atoms with E-state index < -0.39 is 31.5 Å². The van der Waals surface area contributed by atoms with Gasteiger partial charge in [0, 0.05) is 24.2 Å². The SMILES string of the molecule is O=C1CS(=O)(=O)C2(c3ccc([N+](=O)[O-])cc3)OCCN12. The Morgan fingerprint density at radius 1 is 1.30 bits per heavy atom. The van der Waals surface area contributed by atoms with Crippen LogP contribution in [0.5, 0.6) is 0 Å². The van der Waals surface area contributed by atoms with Crippen LogP contribution >= 0.6 is 0 Å². The number of non-ortho nitro benzene ring substituents is 1. The van der Waals surface area contributed by atoms with Gasteiger partial charge in [-0.15, -0.1) is 0 Å². The minimum absolute atomic E-state index is 0.113. The maximum atomic E-state index is 12.3. The number of rotatable bonds is 2. The number of hydrogen-bond donors (Lipinski definition) is 0. The molecule has 0 aromatic heterocycles. The second-order valence-corrected chi connectivity index (χ2v) is 6.61. The molecular formula is C11H10N2O6S. The third kappa shape index (κ3) is 1.50. The van der Waals surface area contributed by atoms with Crippen molar-refractivity contribution in [2.75, 3.05) is 18.9 Å². The molecule has 8 nitrogen and oxygen atoms in total. The molecule has 0 aliphatic carbocycles. The lowest BCUT2D eigenvalue weighted by atomic mass is 10.1. The summed E-state index contributed by atoms with van der Waals surface area (Å²) in [6.07, 6.45) is 0. The molecule has 1 unspecified atom stereocenters. The molecule has 20 heavy (non-hydrogen) atoms. The third-order valence-electron chi connectivity index (χ3n) is 3.45. The van der Waals surface area contributed by atoms with Gasteiger partial charge >= 0.3 is 0 Å². The summed E-state index contributed by atoms with van der Waals surface area (Å²) < 4.78 is 29.9. The zero-order chi connectivity index (χ0) is 14.5. The minimum Gasteiger partial charge on any atom is -0.337 e. The van der Waals surface area contributed by atoms with E-state index in [2.05, 4.69) is 0 Å². The molecule has 106 valence electrons. The van der Waals surface area contributed by atoms with E-state index in [9.17, 15) is 23.3 Å². The number of carbonyl (C=O) groups is 1. The molecule has 1 aromatic carbocycles. The van der Waals surface area contributed by atoms with E-state index in [0.717, 1.165) is 0 Å². The minimum atomic E-state index is -3.84. The van der Waals surface area contributed by atoms with Crippen molar-refractivity contribution in [3.63, 3.8) is 0 Å². The van der Waals surface area contributed by atoms with Crippen molar-refractivity contribution < 1.29 is 22.9 Å². The molecule has 0 N–H and O–H groups in total. The van der Waals surface area contributed by atoms with Crippen LogP contribution in [0.25, 0.3) is 0 Å². The first kappa shape index (κ1) is 13.0. The molecule has 0 radical (unpaired) electrons. The molecular weight excluding hydrogens is 288 g/mol. The zero-order valence-electron chi connectivity index (χ0n) is 10.2. The van der Waals surface area contributed by atoms with Gasteiger partial charge in [-0.05, 0) is 12.1 Å². The number of amides is 1. The molecule has 0 bridgehead atoms. The maximum Gasteiger partial charge on any atom is 0.275 e. The Hall–Kier alpha value is -2.00. The first-order valence-electron chi connectivity index (χ1n) is 5.80. The Morgan fingerprint density at radius 3 is 2.55 bits per heavy atom. The topological polar surface area (TPSA) is 107 Å². The van der Waals surface area contributed by atoms with Gasteiger partial charge in [-0.25, -0.2) is 8.42 Å². The standard InChI is InChI=1S/C11H10N2O6S/c14-10-7-20(17,18)11(12(10)5-6-19-11)8-1-3-9(4-2-8)13(15)16/h1-4H,5-7H2. The summed E-state index contributed by atoms with van der Waals surface area (Å²) >= 11 is 0. The molecule has 1 atom stereocenters. The average molecular weight is 298 g/mol. The van der Waals surface area contributed by atoms with Crippen LogP contribution in [0, 0.1) is 10.1 Å². The van der Waals surface area contributed by atoms with Crippen molar-refractivity contribution in [3.05, 3.63) is 39.9 Å². The van der Waals surface area contributed by atoms with E-state index in [1.54, 1.807) is 0 Å². The quantitative estimate of drug-likeness (QED) is 0.561. The van der Waals surface area contributed by atoms with Crippen molar-refractivity contribution in [1.29, 1.82) is 0 Å². The largest absolute Gasteiger partial charge is 0.337 e. The first-order valence-corrected chi connectivity index (χ1v) is 7.45. The Balaban J connectivity index is 2.15. The Kier molecular flexibility index (Phi) is 2.60. The lowest BCUT2D eigenvalue weighted by Gasteiger charge is -2.28. The number of hydrogen-bond acceptors (Lipinski definition) is 6. The Morgan fingerprint density at radius 2 is 1.95 bits per heavy atom. The Labute approximate surface area is 114 Å². The molecule has 2 aliphatic heterocycles. The fourth-order valence-corrected chi connectivity index (χ4v) is 4.56. The molecule has 3 rings (SSSR count). The number of nitro groups is 1. The molecule has 1 aromatic rings. The zero-order valence-corrected chi connectivity index (χ0v) is 11.0. The van der Waals surface area contributed by atoms with Gasteiger partial charge in [0.05, 0.1) is 11.5 Å². The van der Waals surface area contributed by atoms with Gasteiger partial charge in [-0.2, -0.15) is 0 Å². The van der Waals surface area contributed by atoms with Crippen LogP contribution in [0.15, 0.2) is 24.3 Å². The van der Waals surface area contributed by atoms with Crippen LogP contribution < -0.4 is 0 Å². The molecule has 1 amide bonds. The van der Waals surface area contributed by atoms with Crippen molar-refractivity contribution in [3.8, 4) is 0 Å². The molecule has 2 heterocycles. The highest BCUT2D eigenvalue weighted by Crippen LogP contribution is 2.44. The second-order valence-electron chi connectivity index (χ2n) is 4.54. The number of nitrogens with zero attached hydrogens (tertiary/aromatic N) is 2. The predicted octanol–water partition coefficient (Wildman–Crippen LogP) is -0.00770. The van der Waals surface area contributed by atoms with Crippen molar-refractivity contribution in [2.45, 2.75) is 5.06 Å². The van der Waals surface area contributed by atoms with Crippen LogP contribution in [0.1, 0.15) is 5.56 Å². The van der Waals surface area contributed by atoms with E-state index in [1.807, 2.05) is 0 Å². The third-order valence-corrected chi connectivity index (χ3v) is 5.49. The predicted molar refractivity (Wildman–Crippen MR) is 66.2 cm³/mol. The molecule has 9 heteroatoms. The van der Waals surface area contributed by atoms with Gasteiger partial charge < -0.3 is 4.74 Å². The lowest BCUT2D eigenvalue weighted by Crippen LogP contribution is -2.42. The van der Waals surface area contributed by atoms with Crippen molar-refractivity contribution >= 4 is 21.4 Å². The summed E-state index contributed by atoms with van der Waals surface area (Å²) in [6, 6.07) is 5.02. The van der Waals surface area contributed by atoms with Crippen LogP contribution in [0.3, 0.4) is 0 Å². The molecule has 2 aliphatic rings. The highest BCUT2D eigenvalue weighted by molar-refractivity contribution is 7.93. The van der Waals surface area contributed by atoms with E-state index >= 15 is 0 Å². The molecule has 2 saturated heterocycles. The number of sulfone groups is 1. The number of carbonyl (C=O) groups excluding carboxylic acids is 1. The molecule has 2 fully saturated rings. The van der Waals surface area contributed by atoms with E-state index in [0.29, 0.717) is 0 Å². The highest BCUT2D eigenvalue weighted by atomic mass is 32.2. The summed E-state index contributed by atoms with van der Waals surface area (Å²) in [5.74, 6) is -1.12. The van der Waals surface area contributed by atoms with Crippen LogP contribution in [-0.2, 0) is 24.4 Å². The van der Waals surface area contributed by atoms with Crippen LogP contribution in [0.2, 0.25) is 0 Å². The summed E-state index contributed by atoms with van der Waals surface area (Å²) in [5.41, 5.74) is 0.0582. The fraction of sp³-hybridized carbons (Fsp3) is 0.364. The highest BCUT2D eigenvalue weighted by Gasteiger charge is 2.62. The van der Waals surface area contributed by atoms with Crippen LogP contribution in [-0.4, -0.2) is 43.1 Å². The number of benzene rings is 1. The van der Waals surface area contributed by atoms with Gasteiger partial charge in [-0.3, -0.25) is 19.8 Å². The number of nitro benzene ring substituents is 1. The van der Waals surface area contributed by atoms with E-state index in [1.165, 1.54) is 29.2 Å². The molecule has 0 saturated carbocycles. The monoisotopic (exact) mass is 298 g/mol. The van der Waals surface area contributed by atoms with E-state index in [-0.39, 0.29) is 24.4 Å². The second kappa shape index (κ2) is 4.00. The van der Waals surface area contributed by atoms with Gasteiger partial charge in [0.15, 0.2) is 0 Å². The van der Waals surface area contributed by atoms with Gasteiger partial charge in [-0.1, -0.05) is 0 Å². The van der Waals surface area contributed by atoms with Gasteiger partial charge in [0.25, 0.3) is 10.7 Å². The van der Waals surface area contributed by atoms with Crippen molar-refractivity contribution in [1.82, 2.24) is 4.90 Å². The summed E-state index contributed by atoms with van der Waals surface area (Å²) in [4.78, 5) is 23.0. The summed E-state index contributed by atoms with van der Waals surface area (Å²) in [5, 5.41) is 8.81. The van der Waals surface area contributed by atoms with Gasteiger partial charge in [0.1, 0.15) is 5.75 Å². The molecule has 0 spiro atoms. The number of ether oxygens (including phenoxy) is 1.